The Bertz CT molecular complexity index is 1070. The summed E-state index contributed by atoms with van der Waals surface area (Å²) in [6.07, 6.45) is 0.117. The maximum Gasteiger partial charge on any atom is 0.418 e. The molecule has 2 unspecified atom stereocenters. The lowest BCUT2D eigenvalue weighted by molar-refractivity contribution is -0.139. The van der Waals surface area contributed by atoms with E-state index in [0.717, 1.165) is 18.4 Å². The average molecular weight is 535 g/mol. The van der Waals surface area contributed by atoms with Gasteiger partial charge in [-0.3, -0.25) is 9.69 Å². The minimum Gasteiger partial charge on any atom is -0.337 e. The van der Waals surface area contributed by atoms with Crippen molar-refractivity contribution < 1.29 is 22.8 Å². The van der Waals surface area contributed by atoms with E-state index in [-0.39, 0.29) is 11.6 Å². The lowest BCUT2D eigenvalue weighted by Gasteiger charge is -2.57. The number of halogens is 3. The maximum absolute atomic E-state index is 13.3. The van der Waals surface area contributed by atoms with Crippen LogP contribution in [0.2, 0.25) is 0 Å². The minimum atomic E-state index is -4.54. The predicted octanol–water partition coefficient (Wildman–Crippen LogP) is 5.72. The van der Waals surface area contributed by atoms with Gasteiger partial charge in [0.1, 0.15) is 0 Å². The van der Waals surface area contributed by atoms with Gasteiger partial charge in [0.2, 0.25) is 5.91 Å². The van der Waals surface area contributed by atoms with Crippen LogP contribution in [0.5, 0.6) is 0 Å². The topological polar surface area (TPSA) is 55.9 Å². The van der Waals surface area contributed by atoms with Crippen LogP contribution in [0.1, 0.15) is 53.0 Å². The first-order chi connectivity index (χ1) is 17.7. The fourth-order valence-corrected chi connectivity index (χ4v) is 6.07. The highest BCUT2D eigenvalue weighted by Crippen LogP contribution is 2.59. The molecule has 5 rings (SSSR count). The summed E-state index contributed by atoms with van der Waals surface area (Å²) in [5.74, 6) is 1.43. The number of amides is 3. The van der Waals surface area contributed by atoms with Crippen LogP contribution in [0, 0.1) is 22.7 Å². The van der Waals surface area contributed by atoms with Crippen molar-refractivity contribution in [1.82, 2.24) is 14.7 Å². The largest absolute Gasteiger partial charge is 0.418 e. The quantitative estimate of drug-likeness (QED) is 0.475. The molecule has 3 aliphatic carbocycles. The third-order valence-corrected chi connectivity index (χ3v) is 8.70. The fraction of sp³-hybridized carbons (Fsp3) is 0.655. The Balaban J connectivity index is 1.32. The number of benzene rings is 1. The van der Waals surface area contributed by atoms with E-state index in [1.54, 1.807) is 4.90 Å². The number of hydrogen-bond acceptors (Lipinski definition) is 3. The highest BCUT2D eigenvalue weighted by Gasteiger charge is 2.51. The molecule has 2 atom stereocenters. The molecule has 2 fully saturated rings. The van der Waals surface area contributed by atoms with Gasteiger partial charge in [-0.2, -0.15) is 13.2 Å². The first-order valence-electron chi connectivity index (χ1n) is 13.6. The summed E-state index contributed by atoms with van der Waals surface area (Å²) in [7, 11) is 0. The van der Waals surface area contributed by atoms with Gasteiger partial charge in [0.15, 0.2) is 0 Å². The van der Waals surface area contributed by atoms with E-state index in [2.05, 4.69) is 30.1 Å². The van der Waals surface area contributed by atoms with Crippen LogP contribution in [-0.2, 0) is 11.0 Å². The van der Waals surface area contributed by atoms with Gasteiger partial charge in [0, 0.05) is 51.2 Å². The number of para-hydroxylation sites is 1. The molecule has 9 heteroatoms. The lowest BCUT2D eigenvalue weighted by atomic mass is 9.49. The number of carbonyl (C=O) groups excluding carboxylic acids is 2. The van der Waals surface area contributed by atoms with Crippen molar-refractivity contribution in [3.8, 4) is 0 Å². The molecule has 6 nitrogen and oxygen atoms in total. The zero-order valence-electron chi connectivity index (χ0n) is 23.2. The molecule has 0 aromatic heterocycles. The van der Waals surface area contributed by atoms with Crippen LogP contribution in [-0.4, -0.2) is 72.5 Å². The summed E-state index contributed by atoms with van der Waals surface area (Å²) < 4.78 is 39.8. The summed E-state index contributed by atoms with van der Waals surface area (Å²) in [5.41, 5.74) is 0.121. The van der Waals surface area contributed by atoms with Crippen LogP contribution in [0.15, 0.2) is 35.9 Å². The maximum atomic E-state index is 13.3. The Kier molecular flexibility index (Phi) is 7.90. The average Bonchev–Trinajstić information content (AvgIpc) is 2.85. The van der Waals surface area contributed by atoms with Gasteiger partial charge >= 0.3 is 12.2 Å². The molecule has 1 saturated carbocycles. The molecule has 1 heterocycles. The highest BCUT2D eigenvalue weighted by atomic mass is 19.4. The zero-order chi connectivity index (χ0) is 27.9. The Labute approximate surface area is 224 Å². The second-order valence-corrected chi connectivity index (χ2v) is 12.6. The van der Waals surface area contributed by atoms with Crippen LogP contribution >= 0.6 is 0 Å². The summed E-state index contributed by atoms with van der Waals surface area (Å²) in [6.45, 7) is 14.5. The van der Waals surface area contributed by atoms with Crippen molar-refractivity contribution >= 4 is 17.6 Å². The van der Waals surface area contributed by atoms with Crippen molar-refractivity contribution in [2.75, 3.05) is 51.1 Å². The minimum absolute atomic E-state index is 0.138. The van der Waals surface area contributed by atoms with E-state index < -0.39 is 23.2 Å². The second kappa shape index (κ2) is 10.5. The number of hydrogen-bond donors (Lipinski definition) is 1. The molecule has 0 radical (unpaired) electrons. The lowest BCUT2D eigenvalue weighted by Crippen LogP contribution is -2.53. The number of alkyl halides is 3. The number of rotatable bonds is 6. The van der Waals surface area contributed by atoms with Gasteiger partial charge in [-0.05, 0) is 42.2 Å². The van der Waals surface area contributed by atoms with Gasteiger partial charge < -0.3 is 15.1 Å². The van der Waals surface area contributed by atoms with Gasteiger partial charge in [-0.1, -0.05) is 58.4 Å². The standard InChI is InChI=1S/C29H41F3N4O2/c1-27(2,3)25(37)36(19-20-10-11-21-18-23(20)28(21,4)5)17-14-34-12-15-35(16-13-34)26(38)33-24-9-7-6-8-22(24)29(30,31)32/h6-10,21,23H,11-19H2,1-5H3,(H,33,38). The highest BCUT2D eigenvalue weighted by molar-refractivity contribution is 5.90. The number of fused-ring (bicyclic) bond motifs is 1. The van der Waals surface area contributed by atoms with Crippen molar-refractivity contribution in [3.05, 3.63) is 41.5 Å². The van der Waals surface area contributed by atoms with Crippen molar-refractivity contribution in [1.29, 1.82) is 0 Å². The summed E-state index contributed by atoms with van der Waals surface area (Å²) >= 11 is 0. The Morgan fingerprint density at radius 3 is 2.32 bits per heavy atom. The normalized spacial score (nSPS) is 23.4. The van der Waals surface area contributed by atoms with Gasteiger partial charge in [-0.25, -0.2) is 4.79 Å². The van der Waals surface area contributed by atoms with E-state index in [1.807, 2.05) is 25.7 Å². The van der Waals surface area contributed by atoms with Crippen LogP contribution in [0.4, 0.5) is 23.7 Å². The number of anilines is 1. The van der Waals surface area contributed by atoms with Gasteiger partial charge in [-0.15, -0.1) is 0 Å². The molecule has 3 amide bonds. The molecule has 1 aliphatic heterocycles. The third-order valence-electron chi connectivity index (χ3n) is 8.70. The number of carbonyl (C=O) groups is 2. The van der Waals surface area contributed by atoms with Gasteiger partial charge in [0.05, 0.1) is 11.3 Å². The molecule has 1 N–H and O–H groups in total. The van der Waals surface area contributed by atoms with E-state index in [1.165, 1.54) is 30.2 Å². The molecule has 38 heavy (non-hydrogen) atoms. The van der Waals surface area contributed by atoms with E-state index in [9.17, 15) is 22.8 Å². The molecular weight excluding hydrogens is 493 g/mol. The fourth-order valence-electron chi connectivity index (χ4n) is 6.07. The molecule has 0 spiro atoms. The number of nitrogens with zero attached hydrogens (tertiary/aromatic N) is 3. The van der Waals surface area contributed by atoms with Crippen LogP contribution < -0.4 is 5.32 Å². The van der Waals surface area contributed by atoms with E-state index in [4.69, 9.17) is 0 Å². The first kappa shape index (κ1) is 28.5. The monoisotopic (exact) mass is 534 g/mol. The Morgan fingerprint density at radius 1 is 1.08 bits per heavy atom. The first-order valence-corrected chi connectivity index (χ1v) is 13.6. The number of piperazine rings is 1. The summed E-state index contributed by atoms with van der Waals surface area (Å²) in [5, 5.41) is 2.43. The molecule has 2 bridgehead atoms. The molecule has 1 saturated heterocycles. The predicted molar refractivity (Wildman–Crippen MR) is 143 cm³/mol. The van der Waals surface area contributed by atoms with Crippen molar-refractivity contribution in [2.24, 2.45) is 22.7 Å². The third kappa shape index (κ3) is 6.03. The van der Waals surface area contributed by atoms with E-state index in [0.29, 0.717) is 57.1 Å². The van der Waals surface area contributed by atoms with Crippen molar-refractivity contribution in [3.63, 3.8) is 0 Å². The number of nitrogens with one attached hydrogen (secondary N) is 1. The van der Waals surface area contributed by atoms with Gasteiger partial charge in [0.25, 0.3) is 0 Å². The molecule has 4 aliphatic rings. The number of urea groups is 1. The van der Waals surface area contributed by atoms with Crippen LogP contribution in [0.25, 0.3) is 0 Å². The molecule has 1 aromatic rings. The summed E-state index contributed by atoms with van der Waals surface area (Å²) in [4.78, 5) is 31.8. The Hall–Kier alpha value is -2.55. The van der Waals surface area contributed by atoms with Crippen LogP contribution in [0.3, 0.4) is 0 Å². The smallest absolute Gasteiger partial charge is 0.337 e. The zero-order valence-corrected chi connectivity index (χ0v) is 23.2. The number of allylic oxidation sites excluding steroid dienone is 1. The molecule has 1 aromatic carbocycles. The SMILES string of the molecule is CC(C)(C)C(=O)N(CCN1CCN(C(=O)Nc2ccccc2C(F)(F)F)CC1)CC1=CCC2CC1C2(C)C. The second-order valence-electron chi connectivity index (χ2n) is 12.6. The molecule has 210 valence electrons. The van der Waals surface area contributed by atoms with E-state index >= 15 is 0 Å². The summed E-state index contributed by atoms with van der Waals surface area (Å²) in [6, 6.07) is 4.48. The van der Waals surface area contributed by atoms with Crippen molar-refractivity contribution in [2.45, 2.75) is 53.6 Å². The Morgan fingerprint density at radius 2 is 1.74 bits per heavy atom. The molecular formula is C29H41F3N4O2.